The van der Waals surface area contributed by atoms with E-state index >= 15 is 0 Å². The molecular formula is C12H18N4. The number of hydrogen-bond acceptors (Lipinski definition) is 3. The van der Waals surface area contributed by atoms with Crippen LogP contribution in [0, 0.1) is 6.92 Å². The molecule has 4 heteroatoms. The second kappa shape index (κ2) is 4.61. The van der Waals surface area contributed by atoms with E-state index in [9.17, 15) is 0 Å². The number of hydrogen-bond donors (Lipinski definition) is 2. The van der Waals surface area contributed by atoms with Crippen molar-refractivity contribution in [2.45, 2.75) is 33.2 Å². The van der Waals surface area contributed by atoms with Gasteiger partial charge >= 0.3 is 0 Å². The van der Waals surface area contributed by atoms with Gasteiger partial charge in [-0.3, -0.25) is 0 Å². The van der Waals surface area contributed by atoms with Gasteiger partial charge in [-0.2, -0.15) is 0 Å². The second-order valence-electron chi connectivity index (χ2n) is 4.17. The fraction of sp³-hybridized carbons (Fsp3) is 0.500. The van der Waals surface area contributed by atoms with E-state index in [4.69, 9.17) is 0 Å². The van der Waals surface area contributed by atoms with Gasteiger partial charge in [0.05, 0.1) is 5.52 Å². The number of nitrogens with zero attached hydrogens (tertiary/aromatic N) is 2. The topological polar surface area (TPSA) is 53.6 Å². The van der Waals surface area contributed by atoms with Gasteiger partial charge in [0.1, 0.15) is 5.82 Å². The summed E-state index contributed by atoms with van der Waals surface area (Å²) in [6.07, 6.45) is 2.71. The highest BCUT2D eigenvalue weighted by Gasteiger charge is 2.08. The number of aryl methyl sites for hydroxylation is 1. The summed E-state index contributed by atoms with van der Waals surface area (Å²) in [6.45, 7) is 7.33. The fourth-order valence-electron chi connectivity index (χ4n) is 1.89. The average Bonchev–Trinajstić information content (AvgIpc) is 2.62. The van der Waals surface area contributed by atoms with Crippen molar-refractivity contribution < 1.29 is 0 Å². The van der Waals surface area contributed by atoms with Crippen molar-refractivity contribution >= 4 is 11.2 Å². The van der Waals surface area contributed by atoms with E-state index in [-0.39, 0.29) is 0 Å². The Morgan fingerprint density at radius 1 is 1.50 bits per heavy atom. The van der Waals surface area contributed by atoms with Crippen LogP contribution in [-0.4, -0.2) is 27.5 Å². The third-order valence-corrected chi connectivity index (χ3v) is 2.70. The predicted molar refractivity (Wildman–Crippen MR) is 65.5 cm³/mol. The molecule has 0 radical (unpaired) electrons. The number of imidazole rings is 1. The summed E-state index contributed by atoms with van der Waals surface area (Å²) in [7, 11) is 0. The molecule has 0 aliphatic heterocycles. The monoisotopic (exact) mass is 218 g/mol. The van der Waals surface area contributed by atoms with Gasteiger partial charge in [-0.15, -0.1) is 0 Å². The molecule has 86 valence electrons. The molecule has 2 aromatic rings. The number of aromatic nitrogens is 3. The van der Waals surface area contributed by atoms with Gasteiger partial charge in [-0.1, -0.05) is 6.92 Å². The van der Waals surface area contributed by atoms with Crippen molar-refractivity contribution in [3.05, 3.63) is 23.7 Å². The number of aromatic amines is 1. The maximum Gasteiger partial charge on any atom is 0.177 e. The average molecular weight is 218 g/mol. The third kappa shape index (κ3) is 2.22. The van der Waals surface area contributed by atoms with Crippen molar-refractivity contribution in [2.24, 2.45) is 0 Å². The quantitative estimate of drug-likeness (QED) is 0.823. The highest BCUT2D eigenvalue weighted by atomic mass is 15.0. The van der Waals surface area contributed by atoms with Gasteiger partial charge < -0.3 is 10.3 Å². The zero-order valence-electron chi connectivity index (χ0n) is 10.0. The summed E-state index contributed by atoms with van der Waals surface area (Å²) in [4.78, 5) is 12.1. The van der Waals surface area contributed by atoms with Crippen molar-refractivity contribution in [3.63, 3.8) is 0 Å². The Morgan fingerprint density at radius 2 is 2.31 bits per heavy atom. The zero-order chi connectivity index (χ0) is 11.5. The van der Waals surface area contributed by atoms with Crippen LogP contribution in [-0.2, 0) is 6.42 Å². The van der Waals surface area contributed by atoms with Gasteiger partial charge in [0.2, 0.25) is 0 Å². The largest absolute Gasteiger partial charge is 0.340 e. The molecule has 16 heavy (non-hydrogen) atoms. The first-order valence-electron chi connectivity index (χ1n) is 5.74. The van der Waals surface area contributed by atoms with Gasteiger partial charge in [0.25, 0.3) is 0 Å². The summed E-state index contributed by atoms with van der Waals surface area (Å²) in [5.74, 6) is 1.00. The number of likely N-dealkylation sites (N-methyl/N-ethyl adjacent to an activating group) is 1. The molecule has 0 saturated heterocycles. The Labute approximate surface area is 95.5 Å². The molecule has 0 amide bonds. The Morgan fingerprint density at radius 3 is 3.00 bits per heavy atom. The standard InChI is InChI=1S/C12H18N4/c1-4-13-9(3)7-10-15-11-8(2)5-6-14-12(11)16-10/h5-6,9,13H,4,7H2,1-3H3,(H,14,15,16). The molecule has 0 aliphatic rings. The summed E-state index contributed by atoms with van der Waals surface area (Å²) >= 11 is 0. The van der Waals surface area contributed by atoms with Crippen LogP contribution >= 0.6 is 0 Å². The molecule has 0 aliphatic carbocycles. The van der Waals surface area contributed by atoms with Crippen molar-refractivity contribution in [1.82, 2.24) is 20.3 Å². The highest BCUT2D eigenvalue weighted by molar-refractivity contribution is 5.74. The molecule has 2 heterocycles. The molecule has 0 saturated carbocycles. The molecule has 1 unspecified atom stereocenters. The van der Waals surface area contributed by atoms with Gasteiger partial charge in [0, 0.05) is 18.7 Å². The summed E-state index contributed by atoms with van der Waals surface area (Å²) in [6, 6.07) is 2.43. The SMILES string of the molecule is CCNC(C)Cc1nc2nccc(C)c2[nH]1. The highest BCUT2D eigenvalue weighted by Crippen LogP contribution is 2.13. The second-order valence-corrected chi connectivity index (χ2v) is 4.17. The Hall–Kier alpha value is -1.42. The van der Waals surface area contributed by atoms with E-state index < -0.39 is 0 Å². The van der Waals surface area contributed by atoms with Crippen LogP contribution in [0.4, 0.5) is 0 Å². The zero-order valence-corrected chi connectivity index (χ0v) is 10.0. The molecule has 0 fully saturated rings. The minimum absolute atomic E-state index is 0.436. The van der Waals surface area contributed by atoms with Crippen LogP contribution in [0.3, 0.4) is 0 Å². The van der Waals surface area contributed by atoms with Crippen molar-refractivity contribution in [3.8, 4) is 0 Å². The van der Waals surface area contributed by atoms with E-state index in [2.05, 4.69) is 41.0 Å². The minimum Gasteiger partial charge on any atom is -0.340 e. The summed E-state index contributed by atoms with van der Waals surface area (Å²) in [5, 5.41) is 3.37. The molecule has 2 N–H and O–H groups in total. The number of H-pyrrole nitrogens is 1. The normalized spacial score (nSPS) is 13.2. The van der Waals surface area contributed by atoms with E-state index in [1.807, 2.05) is 6.07 Å². The first-order chi connectivity index (χ1) is 7.70. The van der Waals surface area contributed by atoms with Crippen LogP contribution in [0.15, 0.2) is 12.3 Å². The minimum atomic E-state index is 0.436. The smallest absolute Gasteiger partial charge is 0.177 e. The first kappa shape index (κ1) is 11.1. The van der Waals surface area contributed by atoms with Crippen LogP contribution < -0.4 is 5.32 Å². The number of nitrogens with one attached hydrogen (secondary N) is 2. The van der Waals surface area contributed by atoms with Crippen molar-refractivity contribution in [1.29, 1.82) is 0 Å². The molecule has 0 bridgehead atoms. The van der Waals surface area contributed by atoms with Crippen LogP contribution in [0.2, 0.25) is 0 Å². The molecule has 2 rings (SSSR count). The van der Waals surface area contributed by atoms with E-state index in [1.165, 1.54) is 5.56 Å². The lowest BCUT2D eigenvalue weighted by Crippen LogP contribution is -2.27. The Kier molecular flexibility index (Phi) is 3.19. The van der Waals surface area contributed by atoms with Crippen LogP contribution in [0.5, 0.6) is 0 Å². The maximum atomic E-state index is 4.49. The third-order valence-electron chi connectivity index (χ3n) is 2.70. The summed E-state index contributed by atoms with van der Waals surface area (Å²) in [5.41, 5.74) is 3.07. The number of rotatable bonds is 4. The Balaban J connectivity index is 2.23. The molecule has 0 aromatic carbocycles. The molecule has 1 atom stereocenters. The molecule has 2 aromatic heterocycles. The van der Waals surface area contributed by atoms with Gasteiger partial charge in [-0.05, 0) is 32.0 Å². The first-order valence-corrected chi connectivity index (χ1v) is 5.74. The lowest BCUT2D eigenvalue weighted by atomic mass is 10.2. The van der Waals surface area contributed by atoms with E-state index in [0.29, 0.717) is 6.04 Å². The molecule has 4 nitrogen and oxygen atoms in total. The van der Waals surface area contributed by atoms with Crippen LogP contribution in [0.25, 0.3) is 11.2 Å². The predicted octanol–water partition coefficient (Wildman–Crippen LogP) is 1.81. The maximum absolute atomic E-state index is 4.49. The molecule has 0 spiro atoms. The van der Waals surface area contributed by atoms with E-state index in [0.717, 1.165) is 30.0 Å². The van der Waals surface area contributed by atoms with Crippen LogP contribution in [0.1, 0.15) is 25.2 Å². The van der Waals surface area contributed by atoms with Crippen molar-refractivity contribution in [2.75, 3.05) is 6.54 Å². The molecular weight excluding hydrogens is 200 g/mol. The summed E-state index contributed by atoms with van der Waals surface area (Å²) < 4.78 is 0. The number of fused-ring (bicyclic) bond motifs is 1. The Bertz CT molecular complexity index is 475. The van der Waals surface area contributed by atoms with E-state index in [1.54, 1.807) is 6.20 Å². The lowest BCUT2D eigenvalue weighted by Gasteiger charge is -2.09. The lowest BCUT2D eigenvalue weighted by molar-refractivity contribution is 0.555. The van der Waals surface area contributed by atoms with Gasteiger partial charge in [0.15, 0.2) is 5.65 Å². The number of pyridine rings is 1. The fourth-order valence-corrected chi connectivity index (χ4v) is 1.89. The van der Waals surface area contributed by atoms with Gasteiger partial charge in [-0.25, -0.2) is 9.97 Å².